The van der Waals surface area contributed by atoms with Gasteiger partial charge in [0.05, 0.1) is 34.3 Å². The van der Waals surface area contributed by atoms with Gasteiger partial charge in [0.15, 0.2) is 5.78 Å². The summed E-state index contributed by atoms with van der Waals surface area (Å²) in [6, 6.07) is 26.3. The van der Waals surface area contributed by atoms with E-state index in [1.165, 1.54) is 47.0 Å². The number of ether oxygens (including phenoxy) is 1. The molecule has 1 atom stereocenters. The number of amides is 1. The van der Waals surface area contributed by atoms with Gasteiger partial charge in [-0.3, -0.25) is 38.9 Å². The summed E-state index contributed by atoms with van der Waals surface area (Å²) < 4.78 is 31.2. The fourth-order valence-electron chi connectivity index (χ4n) is 6.16. The number of rotatable bonds is 26. The molecule has 1 unspecified atom stereocenters. The molecule has 20 nitrogen and oxygen atoms in total. The molecule has 0 saturated heterocycles. The van der Waals surface area contributed by atoms with Gasteiger partial charge in [-0.2, -0.15) is 0 Å². The van der Waals surface area contributed by atoms with Crippen LogP contribution in [0.5, 0.6) is 5.75 Å². The van der Waals surface area contributed by atoms with E-state index in [1.807, 2.05) is 6.07 Å². The number of alkyl halides is 1. The Morgan fingerprint density at radius 2 is 1.37 bits per heavy atom. The molecule has 420 valence electrons. The van der Waals surface area contributed by atoms with Crippen LogP contribution < -0.4 is 15.8 Å². The lowest BCUT2D eigenvalue weighted by molar-refractivity contribution is -0.384. The number of hydrogen-bond donors (Lipinski definition) is 8. The van der Waals surface area contributed by atoms with Crippen molar-refractivity contribution < 1.29 is 87.4 Å². The van der Waals surface area contributed by atoms with E-state index in [0.717, 1.165) is 55.2 Å². The van der Waals surface area contributed by atoms with E-state index in [4.69, 9.17) is 52.7 Å². The molecular weight excluding hydrogens is 1070 g/mol. The highest BCUT2D eigenvalue weighted by Gasteiger charge is 2.14. The number of anilines is 1. The van der Waals surface area contributed by atoms with Crippen LogP contribution in [0.15, 0.2) is 120 Å². The van der Waals surface area contributed by atoms with Gasteiger partial charge in [-0.15, -0.1) is 23.4 Å². The normalized spacial score (nSPS) is 10.6. The van der Waals surface area contributed by atoms with Crippen molar-refractivity contribution in [3.8, 4) is 5.75 Å². The quantitative estimate of drug-likeness (QED) is 0.00485. The van der Waals surface area contributed by atoms with Gasteiger partial charge in [-0.25, -0.2) is 18.4 Å². The zero-order valence-electron chi connectivity index (χ0n) is 42.2. The molecule has 0 aliphatic carbocycles. The van der Waals surface area contributed by atoms with E-state index in [1.54, 1.807) is 24.3 Å². The van der Waals surface area contributed by atoms with Gasteiger partial charge < -0.3 is 46.4 Å². The van der Waals surface area contributed by atoms with Crippen LogP contribution in [0.3, 0.4) is 0 Å². The Kier molecular flexibility index (Phi) is 33.3. The molecule has 0 aromatic heterocycles. The summed E-state index contributed by atoms with van der Waals surface area (Å²) in [7, 11) is 0. The molecule has 24 heteroatoms. The number of halogens is 3. The Morgan fingerprint density at radius 1 is 0.718 bits per heavy atom. The highest BCUT2D eigenvalue weighted by Crippen LogP contribution is 2.25. The van der Waals surface area contributed by atoms with Crippen LogP contribution in [0.1, 0.15) is 104 Å². The number of nitro groups is 1. The first-order valence-electron chi connectivity index (χ1n) is 23.7. The topological polar surface area (TPSA) is 348 Å². The Hall–Kier alpha value is -8.28. The van der Waals surface area contributed by atoms with Crippen molar-refractivity contribution in [1.29, 1.82) is 0 Å². The number of benzene rings is 5. The van der Waals surface area contributed by atoms with Gasteiger partial charge in [-0.1, -0.05) is 68.7 Å². The molecule has 0 aliphatic rings. The number of aliphatic carboxylic acids is 5. The first-order valence-corrected chi connectivity index (χ1v) is 25.2. The monoisotopic (exact) mass is 1130 g/mol. The summed E-state index contributed by atoms with van der Waals surface area (Å²) in [4.78, 5) is 94.8. The number of carboxylic acid groups (broad SMARTS) is 6. The first kappa shape index (κ1) is 67.7. The number of aryl methyl sites for hydroxylation is 1. The molecule has 0 saturated carbocycles. The zero-order valence-corrected chi connectivity index (χ0v) is 43.8. The molecule has 5 rings (SSSR count). The summed E-state index contributed by atoms with van der Waals surface area (Å²) in [6.07, 6.45) is 7.26. The minimum atomic E-state index is -1.25. The van der Waals surface area contributed by atoms with Crippen LogP contribution >= 0.6 is 23.4 Å². The average Bonchev–Trinajstić information content (AvgIpc) is 3.38. The minimum absolute atomic E-state index is 0.141. The van der Waals surface area contributed by atoms with Gasteiger partial charge in [0.2, 0.25) is 5.91 Å². The highest BCUT2D eigenvalue weighted by atomic mass is 35.5. The van der Waals surface area contributed by atoms with Gasteiger partial charge in [-0.05, 0) is 90.9 Å². The van der Waals surface area contributed by atoms with Crippen molar-refractivity contribution in [3.05, 3.63) is 154 Å². The van der Waals surface area contributed by atoms with E-state index < -0.39 is 70.1 Å². The van der Waals surface area contributed by atoms with Gasteiger partial charge >= 0.3 is 35.8 Å². The maximum absolute atomic E-state index is 13.0. The number of unbranched alkanes of at least 4 members (excludes halogenated alkanes) is 3. The summed E-state index contributed by atoms with van der Waals surface area (Å²) in [5.41, 5.74) is 6.51. The number of non-ortho nitro benzene ring substituents is 1. The molecule has 5 aromatic carbocycles. The third kappa shape index (κ3) is 30.3. The number of nitro benzene ring substituents is 1. The lowest BCUT2D eigenvalue weighted by Gasteiger charge is -2.08. The lowest BCUT2D eigenvalue weighted by Crippen LogP contribution is -2.29. The fourth-order valence-corrected chi connectivity index (χ4v) is 7.12. The van der Waals surface area contributed by atoms with E-state index >= 15 is 0 Å². The Bertz CT molecular complexity index is 2830. The number of nitrogens with two attached hydrogens (primary N) is 1. The molecule has 0 heterocycles. The lowest BCUT2D eigenvalue weighted by atomic mass is 10.0. The second-order valence-corrected chi connectivity index (χ2v) is 17.8. The van der Waals surface area contributed by atoms with Gasteiger partial charge in [0, 0.05) is 60.2 Å². The summed E-state index contributed by atoms with van der Waals surface area (Å²) >= 11 is 6.80. The molecule has 0 bridgehead atoms. The molecule has 0 spiro atoms. The average molecular weight is 1130 g/mol. The third-order valence-electron chi connectivity index (χ3n) is 10.0. The number of hydrogen-bond acceptors (Lipinski definition) is 13. The second kappa shape index (κ2) is 38.3. The van der Waals surface area contributed by atoms with E-state index in [9.17, 15) is 57.3 Å². The number of thioether (sulfide) groups is 1. The third-order valence-corrected chi connectivity index (χ3v) is 11.2. The van der Waals surface area contributed by atoms with E-state index in [-0.39, 0.29) is 42.6 Å². The standard InChI is InChI=1S/C18H22O3.C10H8F2O3.C10H8N2O5.C8H7ClO2S.C8H15NO4/c1-2-3-11-21-17-10-9-15-12-14(5-4-6-18(19)20)7-8-16(15)13-17;11-6-1-2-7(8(12)5-6)9(13)3-4-10(14)15;13-9(4-5-10(14)15)11-7-2-1-3-8(6-7)12(16)17;9-5-12-7-4-2-1-3-6(7)8(10)11;9-6(8(12)13)4-2-1-3-5-7(10)11/h7-10,12-13H,2-6,11H2,1H3,(H,19,20);1-2,5H,3-4H2,(H,14,15);1-6H,(H,11,13)(H,14,15);1-4H,5H2,(H,10,11);6H,1-5,9H2,(H,10,11)(H,12,13)/b;;5-4-;;. The largest absolute Gasteiger partial charge is 0.494 e. The maximum Gasteiger partial charge on any atom is 0.336 e. The Morgan fingerprint density at radius 3 is 1.97 bits per heavy atom. The summed E-state index contributed by atoms with van der Waals surface area (Å²) in [5, 5.41) is 66.2. The number of ketones is 1. The number of fused-ring (bicyclic) bond motifs is 1. The molecule has 78 heavy (non-hydrogen) atoms. The van der Waals surface area contributed by atoms with Crippen molar-refractivity contribution in [2.24, 2.45) is 5.73 Å². The van der Waals surface area contributed by atoms with Crippen molar-refractivity contribution in [2.75, 3.05) is 17.1 Å². The van der Waals surface area contributed by atoms with Crippen molar-refractivity contribution >= 4 is 93.0 Å². The van der Waals surface area contributed by atoms with E-state index in [2.05, 4.69) is 42.6 Å². The molecule has 0 radical (unpaired) electrons. The van der Waals surface area contributed by atoms with Crippen LogP contribution in [0.2, 0.25) is 0 Å². The molecule has 9 N–H and O–H groups in total. The molecule has 0 fully saturated rings. The number of aromatic carboxylic acids is 1. The molecule has 5 aromatic rings. The molecule has 1 amide bonds. The summed E-state index contributed by atoms with van der Waals surface area (Å²) in [5.74, 6) is -8.00. The van der Waals surface area contributed by atoms with Crippen LogP contribution in [0.25, 0.3) is 10.8 Å². The minimum Gasteiger partial charge on any atom is -0.494 e. The number of Topliss-reactive ketones (excluding diaryl/α,β-unsaturated/α-hetero) is 1. The highest BCUT2D eigenvalue weighted by molar-refractivity contribution is 8.00. The van der Waals surface area contributed by atoms with Gasteiger partial charge in [0.1, 0.15) is 23.4 Å². The second-order valence-electron chi connectivity index (χ2n) is 16.2. The van der Waals surface area contributed by atoms with Gasteiger partial charge in [0.25, 0.3) is 5.69 Å². The molecule has 0 aliphatic heterocycles. The SMILES string of the molecule is CCCCOc1ccc2cc(CCCC(=O)O)ccc2c1.NC(CCCCCC(=O)O)C(=O)O.O=C(O)/C=C\C(=O)Nc1cccc([N+](=O)[O-])c1.O=C(O)CCC(=O)c1ccc(F)cc1F.O=C(O)c1ccccc1SCCl. The van der Waals surface area contributed by atoms with Crippen LogP contribution in [-0.2, 0) is 35.2 Å². The summed E-state index contributed by atoms with van der Waals surface area (Å²) in [6.45, 7) is 2.91. The van der Waals surface area contributed by atoms with Crippen molar-refractivity contribution in [3.63, 3.8) is 0 Å². The Labute approximate surface area is 456 Å². The zero-order chi connectivity index (χ0) is 58.6. The number of carboxylic acids is 6. The van der Waals surface area contributed by atoms with Crippen LogP contribution in [0.4, 0.5) is 20.2 Å². The van der Waals surface area contributed by atoms with Crippen molar-refractivity contribution in [2.45, 2.75) is 94.9 Å². The fraction of sp³-hybridized carbons (Fsp3) is 0.296. The predicted octanol–water partition coefficient (Wildman–Crippen LogP) is 10.7. The molecular formula is C54H60ClF2N3O17S. The maximum atomic E-state index is 13.0. The Balaban J connectivity index is 0.000000495. The van der Waals surface area contributed by atoms with Crippen LogP contribution in [0, 0.1) is 21.7 Å². The van der Waals surface area contributed by atoms with E-state index in [0.29, 0.717) is 59.9 Å². The number of nitrogens with one attached hydrogen (secondary N) is 1. The first-order chi connectivity index (χ1) is 37.0. The predicted molar refractivity (Wildman–Crippen MR) is 287 cm³/mol. The van der Waals surface area contributed by atoms with Crippen molar-refractivity contribution in [1.82, 2.24) is 0 Å². The van der Waals surface area contributed by atoms with Crippen LogP contribution in [-0.4, -0.2) is 101 Å². The number of nitrogens with zero attached hydrogens (tertiary/aromatic N) is 1. The smallest absolute Gasteiger partial charge is 0.336 e. The number of carbonyl (C=O) groups excluding carboxylic acids is 2. The number of carbonyl (C=O) groups is 8.